The van der Waals surface area contributed by atoms with E-state index in [9.17, 15) is 13.2 Å². The number of nitrogens with one attached hydrogen (secondary N) is 1. The van der Waals surface area contributed by atoms with Gasteiger partial charge in [0.25, 0.3) is 5.91 Å². The topological polar surface area (TPSA) is 75.7 Å². The SMILES string of the molecule is COc1ccc(S(=O)(=O)NCc2ccc3c(c2)N(C(=O)c2ccc(C)cc2)CC3)cc1. The van der Waals surface area contributed by atoms with E-state index >= 15 is 0 Å². The summed E-state index contributed by atoms with van der Waals surface area (Å²) in [5, 5.41) is 0. The number of aryl methyl sites for hydroxylation is 1. The van der Waals surface area contributed by atoms with Crippen molar-refractivity contribution >= 4 is 21.6 Å². The number of ether oxygens (including phenoxy) is 1. The molecular weight excluding hydrogens is 412 g/mol. The number of fused-ring (bicyclic) bond motifs is 1. The maximum Gasteiger partial charge on any atom is 0.258 e. The number of sulfonamides is 1. The Bertz CT molecular complexity index is 1200. The number of benzene rings is 3. The van der Waals surface area contributed by atoms with Crippen molar-refractivity contribution in [2.45, 2.75) is 24.8 Å². The molecule has 1 amide bonds. The van der Waals surface area contributed by atoms with Crippen molar-refractivity contribution in [2.75, 3.05) is 18.6 Å². The molecule has 0 bridgehead atoms. The molecule has 1 aliphatic rings. The van der Waals surface area contributed by atoms with Gasteiger partial charge >= 0.3 is 0 Å². The number of carbonyl (C=O) groups is 1. The number of amides is 1. The lowest BCUT2D eigenvalue weighted by Crippen LogP contribution is -2.29. The highest BCUT2D eigenvalue weighted by Crippen LogP contribution is 2.30. The van der Waals surface area contributed by atoms with Gasteiger partial charge in [0.15, 0.2) is 0 Å². The van der Waals surface area contributed by atoms with Crippen LogP contribution in [0.2, 0.25) is 0 Å². The third-order valence-electron chi connectivity index (χ3n) is 5.42. The number of hydrogen-bond acceptors (Lipinski definition) is 4. The zero-order valence-electron chi connectivity index (χ0n) is 17.5. The molecule has 0 aliphatic carbocycles. The molecule has 0 aromatic heterocycles. The lowest BCUT2D eigenvalue weighted by molar-refractivity contribution is 0.0989. The summed E-state index contributed by atoms with van der Waals surface area (Å²) in [4.78, 5) is 14.9. The minimum atomic E-state index is -3.66. The molecule has 0 atom stereocenters. The molecule has 3 aromatic carbocycles. The molecule has 7 heteroatoms. The molecule has 0 fully saturated rings. The Balaban J connectivity index is 1.50. The number of rotatable bonds is 6. The Kier molecular flexibility index (Phi) is 5.80. The van der Waals surface area contributed by atoms with Crippen LogP contribution >= 0.6 is 0 Å². The molecule has 31 heavy (non-hydrogen) atoms. The maximum absolute atomic E-state index is 13.0. The van der Waals surface area contributed by atoms with Gasteiger partial charge in [-0.1, -0.05) is 29.8 Å². The second-order valence-electron chi connectivity index (χ2n) is 7.54. The third-order valence-corrected chi connectivity index (χ3v) is 6.84. The summed E-state index contributed by atoms with van der Waals surface area (Å²) in [6.07, 6.45) is 0.783. The van der Waals surface area contributed by atoms with Crippen molar-refractivity contribution in [1.29, 1.82) is 0 Å². The molecule has 3 aromatic rings. The van der Waals surface area contributed by atoms with Crippen LogP contribution in [0, 0.1) is 6.92 Å². The van der Waals surface area contributed by atoms with Crippen LogP contribution < -0.4 is 14.4 Å². The van der Waals surface area contributed by atoms with Crippen LogP contribution in [0.1, 0.15) is 27.0 Å². The highest BCUT2D eigenvalue weighted by molar-refractivity contribution is 7.89. The molecule has 1 aliphatic heterocycles. The van der Waals surface area contributed by atoms with E-state index in [1.807, 2.05) is 49.4 Å². The molecular formula is C24H24N2O4S. The first-order valence-electron chi connectivity index (χ1n) is 10.0. The molecule has 4 rings (SSSR count). The zero-order chi connectivity index (χ0) is 22.0. The molecule has 0 saturated heterocycles. The summed E-state index contributed by atoms with van der Waals surface area (Å²) in [6.45, 7) is 2.73. The van der Waals surface area contributed by atoms with Gasteiger partial charge in [0.1, 0.15) is 5.75 Å². The molecule has 0 radical (unpaired) electrons. The Morgan fingerprint density at radius 2 is 1.74 bits per heavy atom. The van der Waals surface area contributed by atoms with Crippen LogP contribution in [0.25, 0.3) is 0 Å². The van der Waals surface area contributed by atoms with Crippen molar-refractivity contribution in [2.24, 2.45) is 0 Å². The maximum atomic E-state index is 13.0. The van der Waals surface area contributed by atoms with Crippen molar-refractivity contribution in [3.63, 3.8) is 0 Å². The highest BCUT2D eigenvalue weighted by atomic mass is 32.2. The van der Waals surface area contributed by atoms with E-state index in [4.69, 9.17) is 4.74 Å². The van der Waals surface area contributed by atoms with Gasteiger partial charge in [0.05, 0.1) is 12.0 Å². The van der Waals surface area contributed by atoms with E-state index in [-0.39, 0.29) is 17.3 Å². The summed E-state index contributed by atoms with van der Waals surface area (Å²) >= 11 is 0. The molecule has 0 saturated carbocycles. The highest BCUT2D eigenvalue weighted by Gasteiger charge is 2.26. The zero-order valence-corrected chi connectivity index (χ0v) is 18.3. The van der Waals surface area contributed by atoms with Gasteiger partial charge in [-0.2, -0.15) is 0 Å². The van der Waals surface area contributed by atoms with E-state index in [1.54, 1.807) is 17.0 Å². The Morgan fingerprint density at radius 3 is 2.42 bits per heavy atom. The minimum absolute atomic E-state index is 0.0466. The van der Waals surface area contributed by atoms with E-state index in [0.29, 0.717) is 17.9 Å². The van der Waals surface area contributed by atoms with Crippen molar-refractivity contribution in [1.82, 2.24) is 4.72 Å². The summed E-state index contributed by atoms with van der Waals surface area (Å²) in [7, 11) is -2.13. The second kappa shape index (κ2) is 8.53. The first-order chi connectivity index (χ1) is 14.9. The molecule has 0 spiro atoms. The normalized spacial score (nSPS) is 13.2. The summed E-state index contributed by atoms with van der Waals surface area (Å²) in [5.41, 5.74) is 4.46. The van der Waals surface area contributed by atoms with Crippen LogP contribution in [0.4, 0.5) is 5.69 Å². The van der Waals surface area contributed by atoms with Crippen LogP contribution in [-0.4, -0.2) is 28.0 Å². The minimum Gasteiger partial charge on any atom is -0.497 e. The van der Waals surface area contributed by atoms with Crippen LogP contribution in [0.15, 0.2) is 71.6 Å². The fraction of sp³-hybridized carbons (Fsp3) is 0.208. The number of anilines is 1. The van der Waals surface area contributed by atoms with Gasteiger partial charge in [-0.15, -0.1) is 0 Å². The Morgan fingerprint density at radius 1 is 1.03 bits per heavy atom. The lowest BCUT2D eigenvalue weighted by Gasteiger charge is -2.18. The molecule has 1 N–H and O–H groups in total. The first-order valence-corrected chi connectivity index (χ1v) is 11.5. The van der Waals surface area contributed by atoms with E-state index in [1.165, 1.54) is 19.2 Å². The molecule has 0 unspecified atom stereocenters. The smallest absolute Gasteiger partial charge is 0.258 e. The van der Waals surface area contributed by atoms with E-state index in [2.05, 4.69) is 4.72 Å². The Labute approximate surface area is 182 Å². The van der Waals surface area contributed by atoms with Crippen molar-refractivity contribution in [3.8, 4) is 5.75 Å². The third kappa shape index (κ3) is 4.47. The van der Waals surface area contributed by atoms with Gasteiger partial charge in [0.2, 0.25) is 10.0 Å². The summed E-state index contributed by atoms with van der Waals surface area (Å²) in [6, 6.07) is 19.5. The number of carbonyl (C=O) groups excluding carboxylic acids is 1. The van der Waals surface area contributed by atoms with Crippen molar-refractivity contribution < 1.29 is 17.9 Å². The largest absolute Gasteiger partial charge is 0.497 e. The van der Waals surface area contributed by atoms with Crippen molar-refractivity contribution in [3.05, 3.63) is 89.0 Å². The summed E-state index contributed by atoms with van der Waals surface area (Å²) in [5.74, 6) is 0.547. The standard InChI is InChI=1S/C24H24N2O4S/c1-17-3-6-20(7-4-17)24(27)26-14-13-19-8-5-18(15-23(19)26)16-25-31(28,29)22-11-9-21(30-2)10-12-22/h3-12,15,25H,13-14,16H2,1-2H3. The second-order valence-corrected chi connectivity index (χ2v) is 9.30. The van der Waals surface area contributed by atoms with Gasteiger partial charge in [0, 0.05) is 24.3 Å². The predicted octanol–water partition coefficient (Wildman–Crippen LogP) is 3.69. The average molecular weight is 437 g/mol. The Hall–Kier alpha value is -3.16. The number of methoxy groups -OCH3 is 1. The van der Waals surface area contributed by atoms with E-state index in [0.717, 1.165) is 28.8 Å². The predicted molar refractivity (Wildman–Crippen MR) is 120 cm³/mol. The van der Waals surface area contributed by atoms with Gasteiger partial charge < -0.3 is 9.64 Å². The first kappa shape index (κ1) is 21.1. The van der Waals surface area contributed by atoms with Gasteiger partial charge in [-0.05, 0) is 66.9 Å². The fourth-order valence-electron chi connectivity index (χ4n) is 3.61. The lowest BCUT2D eigenvalue weighted by atomic mass is 10.1. The van der Waals surface area contributed by atoms with Crippen LogP contribution in [0.5, 0.6) is 5.75 Å². The average Bonchev–Trinajstić information content (AvgIpc) is 3.21. The number of nitrogens with zero attached hydrogens (tertiary/aromatic N) is 1. The molecule has 160 valence electrons. The van der Waals surface area contributed by atoms with Crippen LogP contribution in [-0.2, 0) is 23.0 Å². The van der Waals surface area contributed by atoms with Crippen LogP contribution in [0.3, 0.4) is 0 Å². The van der Waals surface area contributed by atoms with Gasteiger partial charge in [-0.25, -0.2) is 13.1 Å². The molecule has 6 nitrogen and oxygen atoms in total. The molecule has 1 heterocycles. The monoisotopic (exact) mass is 436 g/mol. The number of hydrogen-bond donors (Lipinski definition) is 1. The summed E-state index contributed by atoms with van der Waals surface area (Å²) < 4.78 is 32.9. The van der Waals surface area contributed by atoms with E-state index < -0.39 is 10.0 Å². The van der Waals surface area contributed by atoms with Gasteiger partial charge in [-0.3, -0.25) is 4.79 Å². The quantitative estimate of drug-likeness (QED) is 0.640. The fourth-order valence-corrected chi connectivity index (χ4v) is 4.63.